The molecule has 1 aliphatic rings. The fourth-order valence-corrected chi connectivity index (χ4v) is 2.98. The van der Waals surface area contributed by atoms with Crippen molar-refractivity contribution in [2.24, 2.45) is 0 Å². The van der Waals surface area contributed by atoms with Gasteiger partial charge in [-0.2, -0.15) is 16.7 Å². The van der Waals surface area contributed by atoms with Crippen LogP contribution in [0.4, 0.5) is 5.69 Å². The van der Waals surface area contributed by atoms with Crippen LogP contribution in [0.1, 0.15) is 23.9 Å². The summed E-state index contributed by atoms with van der Waals surface area (Å²) in [6, 6.07) is 3.56. The molecule has 1 fully saturated rings. The van der Waals surface area contributed by atoms with E-state index < -0.39 is 0 Å². The molecule has 3 heterocycles. The van der Waals surface area contributed by atoms with Gasteiger partial charge in [-0.15, -0.1) is 0 Å². The molecule has 0 aliphatic carbocycles. The highest BCUT2D eigenvalue weighted by atomic mass is 32.2. The van der Waals surface area contributed by atoms with Crippen LogP contribution in [0.25, 0.3) is 11.6 Å². The number of anilines is 1. The minimum atomic E-state index is 0.376. The highest BCUT2D eigenvalue weighted by Crippen LogP contribution is 2.38. The molecule has 3 rings (SSSR count). The average Bonchev–Trinajstić information content (AvgIpc) is 3.00. The molecular formula is C11H12N4OS. The van der Waals surface area contributed by atoms with Crippen LogP contribution < -0.4 is 5.73 Å². The van der Waals surface area contributed by atoms with Crippen molar-refractivity contribution >= 4 is 17.4 Å². The number of rotatable bonds is 2. The summed E-state index contributed by atoms with van der Waals surface area (Å²) in [5, 5.41) is 4.39. The normalized spacial score (nSPS) is 19.6. The van der Waals surface area contributed by atoms with Crippen LogP contribution >= 0.6 is 11.8 Å². The highest BCUT2D eigenvalue weighted by molar-refractivity contribution is 7.99. The van der Waals surface area contributed by atoms with Crippen LogP contribution in [0.15, 0.2) is 22.9 Å². The minimum absolute atomic E-state index is 0.376. The van der Waals surface area contributed by atoms with Gasteiger partial charge in [-0.25, -0.2) is 4.98 Å². The maximum atomic E-state index is 5.58. The first-order valence-electron chi connectivity index (χ1n) is 5.50. The van der Waals surface area contributed by atoms with Crippen LogP contribution in [0, 0.1) is 0 Å². The van der Waals surface area contributed by atoms with Crippen molar-refractivity contribution in [2.45, 2.75) is 18.1 Å². The average molecular weight is 248 g/mol. The number of thioether (sulfide) groups is 1. The Kier molecular flexibility index (Phi) is 2.72. The Labute approximate surface area is 103 Å². The molecule has 2 aromatic rings. The fraction of sp³-hybridized carbons (Fsp3) is 0.364. The topological polar surface area (TPSA) is 77.8 Å². The molecule has 0 bridgehead atoms. The maximum Gasteiger partial charge on any atom is 0.276 e. The van der Waals surface area contributed by atoms with E-state index in [1.165, 1.54) is 12.2 Å². The minimum Gasteiger partial charge on any atom is -0.397 e. The molecule has 6 heteroatoms. The second-order valence-electron chi connectivity index (χ2n) is 3.94. The van der Waals surface area contributed by atoms with Crippen LogP contribution in [0.3, 0.4) is 0 Å². The van der Waals surface area contributed by atoms with E-state index in [-0.39, 0.29) is 0 Å². The quantitative estimate of drug-likeness (QED) is 0.878. The lowest BCUT2D eigenvalue weighted by atomic mass is 10.2. The van der Waals surface area contributed by atoms with E-state index in [0.717, 1.165) is 12.2 Å². The summed E-state index contributed by atoms with van der Waals surface area (Å²) in [5.41, 5.74) is 6.87. The monoisotopic (exact) mass is 248 g/mol. The van der Waals surface area contributed by atoms with Gasteiger partial charge < -0.3 is 10.3 Å². The molecule has 0 radical (unpaired) electrons. The van der Waals surface area contributed by atoms with Crippen LogP contribution in [-0.2, 0) is 0 Å². The second kappa shape index (κ2) is 4.37. The smallest absolute Gasteiger partial charge is 0.276 e. The molecule has 0 saturated carbocycles. The van der Waals surface area contributed by atoms with Crippen LogP contribution in [-0.4, -0.2) is 20.9 Å². The van der Waals surface area contributed by atoms with Crippen molar-refractivity contribution in [1.82, 2.24) is 15.1 Å². The van der Waals surface area contributed by atoms with Gasteiger partial charge >= 0.3 is 0 Å². The van der Waals surface area contributed by atoms with Crippen molar-refractivity contribution in [3.05, 3.63) is 24.2 Å². The standard InChI is InChI=1S/C11H12N4OS/c12-7-3-4-8(13-6-7)11-14-10(15-16-11)9-2-1-5-17-9/h3-4,6,9H,1-2,5,12H2. The molecule has 2 N–H and O–H groups in total. The summed E-state index contributed by atoms with van der Waals surface area (Å²) in [7, 11) is 0. The maximum absolute atomic E-state index is 5.58. The van der Waals surface area contributed by atoms with Crippen LogP contribution in [0.5, 0.6) is 0 Å². The third-order valence-corrected chi connectivity index (χ3v) is 4.04. The van der Waals surface area contributed by atoms with Gasteiger partial charge in [0, 0.05) is 0 Å². The summed E-state index contributed by atoms with van der Waals surface area (Å²) < 4.78 is 5.23. The van der Waals surface area contributed by atoms with E-state index in [1.807, 2.05) is 11.8 Å². The number of hydrogen-bond acceptors (Lipinski definition) is 6. The Bertz CT molecular complexity index is 504. The fourth-order valence-electron chi connectivity index (χ4n) is 1.78. The van der Waals surface area contributed by atoms with Gasteiger partial charge in [0.25, 0.3) is 5.89 Å². The summed E-state index contributed by atoms with van der Waals surface area (Å²) >= 11 is 1.88. The predicted molar refractivity (Wildman–Crippen MR) is 66.4 cm³/mol. The number of nitrogens with zero attached hydrogens (tertiary/aromatic N) is 3. The summed E-state index contributed by atoms with van der Waals surface area (Å²) in [6.07, 6.45) is 3.93. The first kappa shape index (κ1) is 10.6. The molecule has 1 atom stereocenters. The van der Waals surface area contributed by atoms with Gasteiger partial charge in [0.1, 0.15) is 5.69 Å². The van der Waals surface area contributed by atoms with E-state index in [1.54, 1.807) is 18.3 Å². The van der Waals surface area contributed by atoms with Gasteiger partial charge in [0.2, 0.25) is 0 Å². The van der Waals surface area contributed by atoms with Crippen molar-refractivity contribution < 1.29 is 4.52 Å². The first-order chi connectivity index (χ1) is 8.33. The van der Waals surface area contributed by atoms with Gasteiger partial charge in [-0.3, -0.25) is 0 Å². The Morgan fingerprint density at radius 1 is 1.41 bits per heavy atom. The third kappa shape index (κ3) is 2.12. The third-order valence-electron chi connectivity index (χ3n) is 2.66. The summed E-state index contributed by atoms with van der Waals surface area (Å²) in [4.78, 5) is 8.55. The first-order valence-corrected chi connectivity index (χ1v) is 6.55. The summed E-state index contributed by atoms with van der Waals surface area (Å²) in [5.74, 6) is 2.42. The van der Waals surface area contributed by atoms with Crippen molar-refractivity contribution in [1.29, 1.82) is 0 Å². The molecule has 5 nitrogen and oxygen atoms in total. The van der Waals surface area contributed by atoms with Crippen molar-refractivity contribution in [3.63, 3.8) is 0 Å². The lowest BCUT2D eigenvalue weighted by molar-refractivity contribution is 0.420. The Morgan fingerprint density at radius 2 is 2.35 bits per heavy atom. The Hall–Kier alpha value is -1.56. The lowest BCUT2D eigenvalue weighted by Gasteiger charge is -1.99. The van der Waals surface area contributed by atoms with Crippen LogP contribution in [0.2, 0.25) is 0 Å². The SMILES string of the molecule is Nc1ccc(-c2nc(C3CCCS3)no2)nc1. The van der Waals surface area contributed by atoms with Crippen molar-refractivity contribution in [2.75, 3.05) is 11.5 Å². The predicted octanol–water partition coefficient (Wildman–Crippen LogP) is 2.28. The number of aromatic nitrogens is 3. The molecule has 1 unspecified atom stereocenters. The second-order valence-corrected chi connectivity index (χ2v) is 5.25. The number of nitrogens with two attached hydrogens (primary N) is 1. The van der Waals surface area contributed by atoms with E-state index >= 15 is 0 Å². The van der Waals surface area contributed by atoms with Crippen molar-refractivity contribution in [3.8, 4) is 11.6 Å². The molecule has 0 aromatic carbocycles. The van der Waals surface area contributed by atoms with E-state index in [4.69, 9.17) is 10.3 Å². The molecule has 17 heavy (non-hydrogen) atoms. The van der Waals surface area contributed by atoms with Gasteiger partial charge in [-0.05, 0) is 30.7 Å². The number of pyridine rings is 1. The molecule has 0 amide bonds. The molecule has 0 spiro atoms. The number of nitrogen functional groups attached to an aromatic ring is 1. The van der Waals surface area contributed by atoms with E-state index in [0.29, 0.717) is 22.5 Å². The van der Waals surface area contributed by atoms with E-state index in [2.05, 4.69) is 15.1 Å². The lowest BCUT2D eigenvalue weighted by Crippen LogP contribution is -1.92. The summed E-state index contributed by atoms with van der Waals surface area (Å²) in [6.45, 7) is 0. The number of hydrogen-bond donors (Lipinski definition) is 1. The molecule has 88 valence electrons. The molecule has 2 aromatic heterocycles. The van der Waals surface area contributed by atoms with Gasteiger partial charge in [-0.1, -0.05) is 5.16 Å². The Morgan fingerprint density at radius 3 is 3.06 bits per heavy atom. The Balaban J connectivity index is 1.86. The highest BCUT2D eigenvalue weighted by Gasteiger charge is 2.23. The van der Waals surface area contributed by atoms with E-state index in [9.17, 15) is 0 Å². The zero-order chi connectivity index (χ0) is 11.7. The molecule has 1 aliphatic heterocycles. The molecular weight excluding hydrogens is 236 g/mol. The van der Waals surface area contributed by atoms with Gasteiger partial charge in [0.05, 0.1) is 17.1 Å². The van der Waals surface area contributed by atoms with Gasteiger partial charge in [0.15, 0.2) is 5.82 Å². The zero-order valence-electron chi connectivity index (χ0n) is 9.17. The molecule has 1 saturated heterocycles. The largest absolute Gasteiger partial charge is 0.397 e. The zero-order valence-corrected chi connectivity index (χ0v) is 9.98.